The minimum absolute atomic E-state index is 0.0862. The molecule has 2 rings (SSSR count). The van der Waals surface area contributed by atoms with E-state index in [1.54, 1.807) is 18.3 Å². The van der Waals surface area contributed by atoms with Crippen molar-refractivity contribution in [3.63, 3.8) is 0 Å². The van der Waals surface area contributed by atoms with Crippen LogP contribution >= 0.6 is 0 Å². The van der Waals surface area contributed by atoms with Crippen molar-refractivity contribution in [3.05, 3.63) is 59.7 Å². The number of ether oxygens (including phenoxy) is 1. The van der Waals surface area contributed by atoms with E-state index in [4.69, 9.17) is 4.74 Å². The average Bonchev–Trinajstić information content (AvgIpc) is 2.53. The molecule has 0 saturated heterocycles. The van der Waals surface area contributed by atoms with E-state index in [1.807, 2.05) is 26.0 Å². The molecule has 0 unspecified atom stereocenters. The Morgan fingerprint density at radius 3 is 2.83 bits per heavy atom. The Kier molecular flexibility index (Phi) is 6.09. The number of hydrogen-bond acceptors (Lipinski definition) is 3. The first-order chi connectivity index (χ1) is 11.1. The summed E-state index contributed by atoms with van der Waals surface area (Å²) < 4.78 is 18.8. The largest absolute Gasteiger partial charge is 0.489 e. The zero-order valence-electron chi connectivity index (χ0n) is 13.4. The summed E-state index contributed by atoms with van der Waals surface area (Å²) in [6, 6.07) is 9.77. The quantitative estimate of drug-likeness (QED) is 0.854. The van der Waals surface area contributed by atoms with Gasteiger partial charge in [0.15, 0.2) is 0 Å². The molecule has 0 aliphatic carbocycles. The highest BCUT2D eigenvalue weighted by Gasteiger charge is 2.11. The number of rotatable bonds is 7. The van der Waals surface area contributed by atoms with Gasteiger partial charge in [-0.3, -0.25) is 9.78 Å². The molecule has 1 heterocycles. The molecular formula is C18H21FN2O2. The molecule has 1 aromatic heterocycles. The van der Waals surface area contributed by atoms with Gasteiger partial charge in [-0.05, 0) is 37.1 Å². The van der Waals surface area contributed by atoms with Gasteiger partial charge >= 0.3 is 0 Å². The van der Waals surface area contributed by atoms with Crippen LogP contribution in [0.5, 0.6) is 5.75 Å². The molecule has 5 heteroatoms. The van der Waals surface area contributed by atoms with E-state index in [1.165, 1.54) is 12.1 Å². The Labute approximate surface area is 135 Å². The molecule has 0 aliphatic rings. The van der Waals surface area contributed by atoms with Crippen molar-refractivity contribution < 1.29 is 13.9 Å². The Morgan fingerprint density at radius 1 is 1.35 bits per heavy atom. The predicted octanol–water partition coefficient (Wildman–Crippen LogP) is 3.05. The normalized spacial score (nSPS) is 11.8. The van der Waals surface area contributed by atoms with Crippen LogP contribution in [0.15, 0.2) is 42.6 Å². The molecule has 1 aromatic carbocycles. The predicted molar refractivity (Wildman–Crippen MR) is 86.8 cm³/mol. The van der Waals surface area contributed by atoms with Crippen molar-refractivity contribution in [3.8, 4) is 5.75 Å². The second-order valence-electron chi connectivity index (χ2n) is 5.39. The van der Waals surface area contributed by atoms with Gasteiger partial charge < -0.3 is 10.1 Å². The second-order valence-corrected chi connectivity index (χ2v) is 5.39. The molecule has 0 saturated carbocycles. The van der Waals surface area contributed by atoms with Crippen molar-refractivity contribution in [2.45, 2.75) is 32.8 Å². The molecule has 1 amide bonds. The first-order valence-electron chi connectivity index (χ1n) is 7.67. The zero-order valence-corrected chi connectivity index (χ0v) is 13.4. The number of pyridine rings is 1. The minimum Gasteiger partial charge on any atom is -0.489 e. The maximum Gasteiger partial charge on any atom is 0.224 e. The number of benzene rings is 1. The number of halogens is 1. The van der Waals surface area contributed by atoms with Crippen molar-refractivity contribution in [2.75, 3.05) is 6.54 Å². The SMILES string of the molecule is CC[C@H](CNC(=O)Cc1ccc(C)nc1)Oc1cccc(F)c1. The number of carbonyl (C=O) groups excluding carboxylic acids is 1. The smallest absolute Gasteiger partial charge is 0.224 e. The molecule has 0 bridgehead atoms. The lowest BCUT2D eigenvalue weighted by molar-refractivity contribution is -0.120. The van der Waals surface area contributed by atoms with Gasteiger partial charge in [0, 0.05) is 18.0 Å². The van der Waals surface area contributed by atoms with Gasteiger partial charge in [-0.2, -0.15) is 0 Å². The average molecular weight is 316 g/mol. The van der Waals surface area contributed by atoms with Crippen LogP contribution in [0, 0.1) is 12.7 Å². The Morgan fingerprint density at radius 2 is 2.17 bits per heavy atom. The summed E-state index contributed by atoms with van der Waals surface area (Å²) in [6.45, 7) is 4.24. The van der Waals surface area contributed by atoms with Gasteiger partial charge in [0.05, 0.1) is 13.0 Å². The van der Waals surface area contributed by atoms with Gasteiger partial charge in [-0.15, -0.1) is 0 Å². The van der Waals surface area contributed by atoms with Crippen LogP contribution in [-0.2, 0) is 11.2 Å². The lowest BCUT2D eigenvalue weighted by atomic mass is 10.2. The van der Waals surface area contributed by atoms with E-state index >= 15 is 0 Å². The van der Waals surface area contributed by atoms with E-state index in [-0.39, 0.29) is 24.2 Å². The zero-order chi connectivity index (χ0) is 16.7. The Bertz CT molecular complexity index is 644. The summed E-state index contributed by atoms with van der Waals surface area (Å²) in [6.07, 6.45) is 2.50. The molecule has 23 heavy (non-hydrogen) atoms. The maximum absolute atomic E-state index is 13.2. The van der Waals surface area contributed by atoms with E-state index in [2.05, 4.69) is 10.3 Å². The van der Waals surface area contributed by atoms with E-state index < -0.39 is 0 Å². The molecule has 122 valence electrons. The standard InChI is InChI=1S/C18H21FN2O2/c1-3-16(23-17-6-4-5-15(19)10-17)12-21-18(22)9-14-8-7-13(2)20-11-14/h4-8,10-11,16H,3,9,12H2,1-2H3,(H,21,22)/t16-/m1/s1. The summed E-state index contributed by atoms with van der Waals surface area (Å²) in [7, 11) is 0. The number of carbonyl (C=O) groups is 1. The highest BCUT2D eigenvalue weighted by Crippen LogP contribution is 2.14. The fraction of sp³-hybridized carbons (Fsp3) is 0.333. The van der Waals surface area contributed by atoms with Crippen molar-refractivity contribution >= 4 is 5.91 Å². The second kappa shape index (κ2) is 8.27. The highest BCUT2D eigenvalue weighted by molar-refractivity contribution is 5.78. The van der Waals surface area contributed by atoms with Gasteiger partial charge in [0.2, 0.25) is 5.91 Å². The van der Waals surface area contributed by atoms with Crippen molar-refractivity contribution in [1.29, 1.82) is 0 Å². The first-order valence-corrected chi connectivity index (χ1v) is 7.67. The van der Waals surface area contributed by atoms with E-state index in [9.17, 15) is 9.18 Å². The highest BCUT2D eigenvalue weighted by atomic mass is 19.1. The topological polar surface area (TPSA) is 51.2 Å². The van der Waals surface area contributed by atoms with Crippen LogP contribution in [0.4, 0.5) is 4.39 Å². The summed E-state index contributed by atoms with van der Waals surface area (Å²) >= 11 is 0. The lowest BCUT2D eigenvalue weighted by Crippen LogP contribution is -2.35. The Balaban J connectivity index is 1.82. The monoisotopic (exact) mass is 316 g/mol. The number of hydrogen-bond donors (Lipinski definition) is 1. The third kappa shape index (κ3) is 5.70. The third-order valence-electron chi connectivity index (χ3n) is 3.42. The van der Waals surface area contributed by atoms with Crippen LogP contribution in [0.25, 0.3) is 0 Å². The van der Waals surface area contributed by atoms with Gasteiger partial charge in [-0.25, -0.2) is 4.39 Å². The van der Waals surface area contributed by atoms with Crippen LogP contribution in [0.2, 0.25) is 0 Å². The molecular weight excluding hydrogens is 295 g/mol. The van der Waals surface area contributed by atoms with Crippen molar-refractivity contribution in [1.82, 2.24) is 10.3 Å². The van der Waals surface area contributed by atoms with Crippen LogP contribution in [-0.4, -0.2) is 23.5 Å². The molecule has 0 radical (unpaired) electrons. The fourth-order valence-corrected chi connectivity index (χ4v) is 2.08. The van der Waals surface area contributed by atoms with E-state index in [0.717, 1.165) is 11.3 Å². The van der Waals surface area contributed by atoms with Gasteiger partial charge in [-0.1, -0.05) is 19.1 Å². The first kappa shape index (κ1) is 16.9. The van der Waals surface area contributed by atoms with Crippen LogP contribution in [0.3, 0.4) is 0 Å². The molecule has 1 N–H and O–H groups in total. The van der Waals surface area contributed by atoms with Crippen molar-refractivity contribution in [2.24, 2.45) is 0 Å². The number of amides is 1. The van der Waals surface area contributed by atoms with Gasteiger partial charge in [0.1, 0.15) is 17.7 Å². The number of aromatic nitrogens is 1. The van der Waals surface area contributed by atoms with Gasteiger partial charge in [0.25, 0.3) is 0 Å². The number of aryl methyl sites for hydroxylation is 1. The molecule has 4 nitrogen and oxygen atoms in total. The molecule has 0 aliphatic heterocycles. The maximum atomic E-state index is 13.2. The van der Waals surface area contributed by atoms with Crippen LogP contribution in [0.1, 0.15) is 24.6 Å². The summed E-state index contributed by atoms with van der Waals surface area (Å²) in [5.74, 6) is 0.0408. The molecule has 1 atom stereocenters. The summed E-state index contributed by atoms with van der Waals surface area (Å²) in [5.41, 5.74) is 1.79. The summed E-state index contributed by atoms with van der Waals surface area (Å²) in [4.78, 5) is 16.1. The third-order valence-corrected chi connectivity index (χ3v) is 3.42. The van der Waals surface area contributed by atoms with E-state index in [0.29, 0.717) is 18.7 Å². The number of nitrogens with one attached hydrogen (secondary N) is 1. The van der Waals surface area contributed by atoms with Crippen LogP contribution < -0.4 is 10.1 Å². The molecule has 0 fully saturated rings. The fourth-order valence-electron chi connectivity index (χ4n) is 2.08. The minimum atomic E-state index is -0.340. The lowest BCUT2D eigenvalue weighted by Gasteiger charge is -2.18. The Hall–Kier alpha value is -2.43. The molecule has 0 spiro atoms. The molecule has 2 aromatic rings. The number of nitrogens with zero attached hydrogens (tertiary/aromatic N) is 1. The summed E-state index contributed by atoms with van der Waals surface area (Å²) in [5, 5.41) is 2.85.